The van der Waals surface area contributed by atoms with Crippen molar-refractivity contribution >= 4 is 101 Å². The molecule has 0 radical (unpaired) electrons. The molecule has 16 aromatic carbocycles. The molecule has 0 amide bonds. The average molecular weight is 1580 g/mol. The topological polar surface area (TPSA) is 16.3 Å². The van der Waals surface area contributed by atoms with Crippen molar-refractivity contribution in [3.05, 3.63) is 402 Å². The molecule has 18 aromatic rings. The zero-order valence-corrected chi connectivity index (χ0v) is 72.2. The monoisotopic (exact) mass is 1580 g/mol. The fraction of sp³-hybridized carbons (Fsp3) is 0.179. The smallest absolute Gasteiger partial charge is 0.252 e. The van der Waals surface area contributed by atoms with E-state index in [9.17, 15) is 11.0 Å². The summed E-state index contributed by atoms with van der Waals surface area (Å²) >= 11 is 0. The summed E-state index contributed by atoms with van der Waals surface area (Å²) in [5, 5.41) is 2.27. The minimum absolute atomic E-state index is 0.00825. The van der Waals surface area contributed by atoms with E-state index in [1.165, 1.54) is 55.6 Å². The molecule has 3 aliphatic rings. The zero-order valence-electron chi connectivity index (χ0n) is 80.2. The Hall–Kier alpha value is -13.2. The van der Waals surface area contributed by atoms with E-state index >= 15 is 0 Å². The Balaban J connectivity index is 0.937. The summed E-state index contributed by atoms with van der Waals surface area (Å²) < 4.78 is 81.1. The minimum Gasteiger partial charge on any atom is -0.310 e. The van der Waals surface area contributed by atoms with Gasteiger partial charge in [-0.05, 0) is 194 Å². The summed E-state index contributed by atoms with van der Waals surface area (Å²) in [6, 6.07) is 110. The van der Waals surface area contributed by atoms with Gasteiger partial charge in [0.1, 0.15) is 0 Å². The Morgan fingerprint density at radius 2 is 0.631 bits per heavy atom. The Kier molecular flexibility index (Phi) is 15.5. The predicted octanol–water partition coefficient (Wildman–Crippen LogP) is 29.5. The standard InChI is InChI=1S/C117H103BN4/c1-112(2,3)78-56-48-74(49-57-78)87-40-30-41-88(75-50-58-79(59-51-75)113(4,5)6)110(87)121-105-70-85(119-101-45-27-23-37-92(101)93-38-24-28-46-102(93)119)64-66-99(105)118-100-67-65-86(120-103-47-29-25-39-94(103)96-72-95-91-36-22-26-44-97(91)117(98(95)73-104(96)120,82-32-18-16-19-33-82)83-34-20-17-21-35-83)71-106(100)122(108-69-84(116(13,14)15)68-107(121)109(108)118)111-89(76-52-60-80(61-53-76)114(7,8)9)42-31-43-90(111)77-54-62-81(63-55-77)115(10,11)12/h16-73H,1-15H3/i23D,24D,27D,28D,37D,38D,45D,46D. The lowest BCUT2D eigenvalue weighted by molar-refractivity contribution is 0.590. The average Bonchev–Trinajstić information content (AvgIpc) is 1.46. The highest BCUT2D eigenvalue weighted by Crippen LogP contribution is 2.60. The third-order valence-corrected chi connectivity index (χ3v) is 26.5. The SMILES string of the molecule is [2H]c1c([2H])c([2H])c2c(c1[2H])c1c([2H])c([2H])c([2H])c([2H])c1n2-c1ccc2c(c1)N(c1c(-c3ccc(C(C)(C)C)cc3)cccc1-c1ccc(C(C)(C)C)cc1)c1cc(C(C)(C)C)cc3c1B2c1ccc(-n2c4ccccc4c4cc5c(cc42)C(c2ccccc2)(c2ccccc2)c2ccccc2-5)cc1N3c1c(-c2ccc(C(C)(C)C)cc2)cccc1-c1ccc(C(C)(C)C)cc1. The highest BCUT2D eigenvalue weighted by molar-refractivity contribution is 7.00. The Morgan fingerprint density at radius 1 is 0.262 bits per heavy atom. The second kappa shape index (κ2) is 27.9. The van der Waals surface area contributed by atoms with Crippen LogP contribution in [0.4, 0.5) is 34.1 Å². The molecule has 0 spiro atoms. The van der Waals surface area contributed by atoms with Gasteiger partial charge in [-0.15, -0.1) is 0 Å². The summed E-state index contributed by atoms with van der Waals surface area (Å²) in [6.45, 7) is 33.5. The van der Waals surface area contributed by atoms with Crippen LogP contribution in [0.5, 0.6) is 0 Å². The van der Waals surface area contributed by atoms with Gasteiger partial charge < -0.3 is 18.9 Å². The van der Waals surface area contributed by atoms with Gasteiger partial charge in [-0.2, -0.15) is 0 Å². The van der Waals surface area contributed by atoms with E-state index in [0.717, 1.165) is 128 Å². The molecule has 0 fully saturated rings. The van der Waals surface area contributed by atoms with Gasteiger partial charge in [-0.25, -0.2) is 0 Å². The summed E-state index contributed by atoms with van der Waals surface area (Å²) in [7, 11) is 0. The molecule has 4 heterocycles. The number of aromatic nitrogens is 2. The van der Waals surface area contributed by atoms with Crippen molar-refractivity contribution in [1.82, 2.24) is 9.13 Å². The normalized spacial score (nSPS) is 14.6. The van der Waals surface area contributed by atoms with Gasteiger partial charge in [-0.3, -0.25) is 0 Å². The van der Waals surface area contributed by atoms with E-state index in [1.54, 1.807) is 4.57 Å². The molecule has 122 heavy (non-hydrogen) atoms. The third-order valence-electron chi connectivity index (χ3n) is 26.5. The molecular formula is C117H103BN4. The van der Waals surface area contributed by atoms with Crippen molar-refractivity contribution in [2.24, 2.45) is 0 Å². The molecule has 5 heteroatoms. The van der Waals surface area contributed by atoms with E-state index in [0.29, 0.717) is 5.69 Å². The van der Waals surface area contributed by atoms with Crippen LogP contribution in [0.25, 0.3) is 111 Å². The van der Waals surface area contributed by atoms with Crippen molar-refractivity contribution in [3.63, 3.8) is 0 Å². The second-order valence-corrected chi connectivity index (χ2v) is 39.1. The first-order valence-electron chi connectivity index (χ1n) is 47.1. The maximum atomic E-state index is 10.0. The number of benzene rings is 16. The number of anilines is 6. The van der Waals surface area contributed by atoms with Gasteiger partial charge in [0.15, 0.2) is 0 Å². The molecule has 0 saturated heterocycles. The number of rotatable bonds is 10. The Morgan fingerprint density at radius 3 is 1.05 bits per heavy atom. The van der Waals surface area contributed by atoms with Crippen molar-refractivity contribution < 1.29 is 11.0 Å². The fourth-order valence-electron chi connectivity index (χ4n) is 20.1. The number of hydrogen-bond donors (Lipinski definition) is 0. The van der Waals surface area contributed by atoms with E-state index in [2.05, 4.69) is 415 Å². The number of para-hydroxylation sites is 5. The molecule has 0 saturated carbocycles. The summed E-state index contributed by atoms with van der Waals surface area (Å²) in [4.78, 5) is 5.13. The first-order chi connectivity index (χ1) is 62.0. The number of fused-ring (bicyclic) bond motifs is 13. The van der Waals surface area contributed by atoms with Crippen LogP contribution in [0.15, 0.2) is 352 Å². The molecular weight excluding hydrogens is 1470 g/mol. The third kappa shape index (κ3) is 12.1. The lowest BCUT2D eigenvalue weighted by Crippen LogP contribution is -2.61. The lowest BCUT2D eigenvalue weighted by Gasteiger charge is -2.46. The van der Waals surface area contributed by atoms with E-state index in [1.807, 2.05) is 6.07 Å². The molecule has 1 aliphatic carbocycles. The first kappa shape index (κ1) is 67.5. The Bertz CT molecular complexity index is 7480. The fourth-order valence-corrected chi connectivity index (χ4v) is 20.1. The van der Waals surface area contributed by atoms with Gasteiger partial charge in [0.2, 0.25) is 0 Å². The van der Waals surface area contributed by atoms with Crippen molar-refractivity contribution in [2.75, 3.05) is 9.80 Å². The molecule has 0 N–H and O–H groups in total. The molecule has 4 nitrogen and oxygen atoms in total. The van der Waals surface area contributed by atoms with Gasteiger partial charge in [-0.1, -0.05) is 389 Å². The van der Waals surface area contributed by atoms with Gasteiger partial charge in [0, 0.05) is 77.9 Å². The van der Waals surface area contributed by atoms with Crippen molar-refractivity contribution in [1.29, 1.82) is 0 Å². The van der Waals surface area contributed by atoms with E-state index in [-0.39, 0.29) is 55.6 Å². The summed E-state index contributed by atoms with van der Waals surface area (Å²) in [5.41, 5.74) is 31.4. The lowest BCUT2D eigenvalue weighted by atomic mass is 9.33. The first-order valence-corrected chi connectivity index (χ1v) is 43.1. The predicted molar refractivity (Wildman–Crippen MR) is 522 cm³/mol. The van der Waals surface area contributed by atoms with Crippen LogP contribution in [0.1, 0.15) is 165 Å². The molecule has 0 bridgehead atoms. The minimum atomic E-state index is -0.702. The van der Waals surface area contributed by atoms with E-state index < -0.39 is 53.8 Å². The molecule has 594 valence electrons. The van der Waals surface area contributed by atoms with Crippen LogP contribution < -0.4 is 26.2 Å². The number of hydrogen-bond acceptors (Lipinski definition) is 2. The second-order valence-electron chi connectivity index (χ2n) is 39.1. The molecule has 21 rings (SSSR count). The van der Waals surface area contributed by atoms with Crippen LogP contribution >= 0.6 is 0 Å². The van der Waals surface area contributed by atoms with Crippen LogP contribution in [0.3, 0.4) is 0 Å². The maximum absolute atomic E-state index is 10.0. The van der Waals surface area contributed by atoms with Gasteiger partial charge in [0.05, 0.1) is 49.8 Å². The van der Waals surface area contributed by atoms with Gasteiger partial charge in [0.25, 0.3) is 6.71 Å². The Labute approximate surface area is 731 Å². The highest BCUT2D eigenvalue weighted by atomic mass is 15.2. The van der Waals surface area contributed by atoms with Crippen LogP contribution in [0, 0.1) is 0 Å². The largest absolute Gasteiger partial charge is 0.310 e. The highest BCUT2D eigenvalue weighted by Gasteiger charge is 2.49. The quantitative estimate of drug-likeness (QED) is 0.127. The zero-order chi connectivity index (χ0) is 90.8. The maximum Gasteiger partial charge on any atom is 0.252 e. The molecule has 2 aromatic heterocycles. The van der Waals surface area contributed by atoms with Crippen molar-refractivity contribution in [3.8, 4) is 67.0 Å². The van der Waals surface area contributed by atoms with Crippen LogP contribution in [0.2, 0.25) is 0 Å². The summed E-state index contributed by atoms with van der Waals surface area (Å²) in [5.74, 6) is 0. The number of nitrogens with zero attached hydrogens (tertiary/aromatic N) is 4. The van der Waals surface area contributed by atoms with Gasteiger partial charge >= 0.3 is 0 Å². The van der Waals surface area contributed by atoms with Crippen LogP contribution in [-0.2, 0) is 32.5 Å². The molecule has 2 aliphatic heterocycles. The van der Waals surface area contributed by atoms with Crippen LogP contribution in [-0.4, -0.2) is 15.8 Å². The van der Waals surface area contributed by atoms with Crippen molar-refractivity contribution in [2.45, 2.75) is 136 Å². The van der Waals surface area contributed by atoms with E-state index in [4.69, 9.17) is 0 Å². The molecule has 0 atom stereocenters. The summed E-state index contributed by atoms with van der Waals surface area (Å²) in [6.07, 6.45) is 0. The molecule has 0 unspecified atom stereocenters.